The lowest BCUT2D eigenvalue weighted by molar-refractivity contribution is -0.169. The highest BCUT2D eigenvalue weighted by atomic mass is 16.7. The fraction of sp³-hybridized carbons (Fsp3) is 0.429. The Labute approximate surface area is 115 Å². The molecule has 1 aromatic rings. The van der Waals surface area contributed by atoms with Gasteiger partial charge in [0.05, 0.1) is 13.7 Å². The van der Waals surface area contributed by atoms with Crippen LogP contribution in [0.1, 0.15) is 5.56 Å². The van der Waals surface area contributed by atoms with Crippen LogP contribution in [-0.4, -0.2) is 43.7 Å². The lowest BCUT2D eigenvalue weighted by atomic mass is 9.85. The number of ether oxygens (including phenoxy) is 3. The van der Waals surface area contributed by atoms with Crippen LogP contribution >= 0.6 is 0 Å². The fourth-order valence-corrected chi connectivity index (χ4v) is 2.85. The van der Waals surface area contributed by atoms with Crippen molar-refractivity contribution >= 4 is 11.5 Å². The number of hydrogen-bond acceptors (Lipinski definition) is 6. The quantitative estimate of drug-likeness (QED) is 0.796. The zero-order chi connectivity index (χ0) is 13.7. The fourth-order valence-electron chi connectivity index (χ4n) is 2.85. The van der Waals surface area contributed by atoms with Gasteiger partial charge < -0.3 is 19.0 Å². The molecular formula is C14H13NO5. The summed E-state index contributed by atoms with van der Waals surface area (Å²) in [7, 11) is 1.61. The molecule has 0 radical (unpaired) electrons. The van der Waals surface area contributed by atoms with Gasteiger partial charge in [-0.1, -0.05) is 5.16 Å². The van der Waals surface area contributed by atoms with E-state index in [-0.39, 0.29) is 18.0 Å². The van der Waals surface area contributed by atoms with Crippen molar-refractivity contribution in [2.24, 2.45) is 11.1 Å². The monoisotopic (exact) mass is 275 g/mol. The molecule has 2 bridgehead atoms. The molecule has 0 saturated carbocycles. The third-order valence-corrected chi connectivity index (χ3v) is 3.90. The van der Waals surface area contributed by atoms with E-state index in [0.29, 0.717) is 12.3 Å². The number of fused-ring (bicyclic) bond motifs is 4. The SMILES string of the molecule is COc1ccc(C2=NO[C@@H]3[C@H]2C(=O)[C@@H]2OC[C@@H]3O2)cc1. The van der Waals surface area contributed by atoms with Gasteiger partial charge in [0.2, 0.25) is 12.1 Å². The summed E-state index contributed by atoms with van der Waals surface area (Å²) in [4.78, 5) is 17.7. The van der Waals surface area contributed by atoms with E-state index in [0.717, 1.165) is 11.3 Å². The Kier molecular flexibility index (Phi) is 2.55. The lowest BCUT2D eigenvalue weighted by Crippen LogP contribution is -2.48. The van der Waals surface area contributed by atoms with Crippen molar-refractivity contribution in [3.63, 3.8) is 0 Å². The number of nitrogens with zero attached hydrogens (tertiary/aromatic N) is 1. The molecule has 1 aromatic carbocycles. The summed E-state index contributed by atoms with van der Waals surface area (Å²) >= 11 is 0. The van der Waals surface area contributed by atoms with Crippen molar-refractivity contribution in [2.75, 3.05) is 13.7 Å². The predicted octanol–water partition coefficient (Wildman–Crippen LogP) is 0.738. The summed E-state index contributed by atoms with van der Waals surface area (Å²) in [5.41, 5.74) is 1.50. The molecule has 4 rings (SSSR count). The van der Waals surface area contributed by atoms with Gasteiger partial charge in [0.1, 0.15) is 23.5 Å². The molecule has 2 fully saturated rings. The first-order valence-electron chi connectivity index (χ1n) is 6.47. The highest BCUT2D eigenvalue weighted by Crippen LogP contribution is 2.37. The molecule has 4 atom stereocenters. The summed E-state index contributed by atoms with van der Waals surface area (Å²) in [5.74, 6) is 0.233. The Morgan fingerprint density at radius 1 is 1.30 bits per heavy atom. The molecule has 0 N–H and O–H groups in total. The minimum absolute atomic E-state index is 0.115. The van der Waals surface area contributed by atoms with E-state index in [1.807, 2.05) is 24.3 Å². The van der Waals surface area contributed by atoms with E-state index in [4.69, 9.17) is 19.0 Å². The average molecular weight is 275 g/mol. The Bertz CT molecular complexity index is 582. The highest BCUT2D eigenvalue weighted by molar-refractivity contribution is 6.15. The molecule has 6 heteroatoms. The van der Waals surface area contributed by atoms with Crippen LogP contribution in [0, 0.1) is 5.92 Å². The molecule has 104 valence electrons. The number of methoxy groups -OCH3 is 1. The van der Waals surface area contributed by atoms with Crippen molar-refractivity contribution in [3.8, 4) is 5.75 Å². The van der Waals surface area contributed by atoms with E-state index in [9.17, 15) is 4.79 Å². The Morgan fingerprint density at radius 3 is 2.85 bits per heavy atom. The molecule has 3 aliphatic rings. The van der Waals surface area contributed by atoms with Gasteiger partial charge in [0.15, 0.2) is 6.10 Å². The van der Waals surface area contributed by atoms with Gasteiger partial charge in [0.25, 0.3) is 0 Å². The van der Waals surface area contributed by atoms with E-state index in [2.05, 4.69) is 5.16 Å². The van der Waals surface area contributed by atoms with Gasteiger partial charge >= 0.3 is 0 Å². The zero-order valence-corrected chi connectivity index (χ0v) is 10.8. The van der Waals surface area contributed by atoms with Crippen molar-refractivity contribution in [1.29, 1.82) is 0 Å². The third kappa shape index (κ3) is 1.58. The second kappa shape index (κ2) is 4.29. The van der Waals surface area contributed by atoms with Gasteiger partial charge in [-0.25, -0.2) is 0 Å². The number of oxime groups is 1. The first kappa shape index (κ1) is 11.9. The average Bonchev–Trinajstić information content (AvgIpc) is 3.11. The topological polar surface area (TPSA) is 66.4 Å². The normalized spacial score (nSPS) is 34.5. The number of hydrogen-bond donors (Lipinski definition) is 0. The maximum absolute atomic E-state index is 12.3. The molecule has 0 spiro atoms. The molecule has 0 aromatic heterocycles. The standard InChI is InChI=1S/C14H13NO5/c1-17-8-4-2-7(3-5-8)11-10-12(16)14-18-6-9(19-14)13(10)20-15-11/h2-5,9-10,13-14H,6H2,1H3/t9-,10+,13-,14+/m0/s1. The first-order valence-corrected chi connectivity index (χ1v) is 6.47. The highest BCUT2D eigenvalue weighted by Gasteiger charge is 2.56. The maximum atomic E-state index is 12.3. The molecule has 2 saturated heterocycles. The van der Waals surface area contributed by atoms with Crippen molar-refractivity contribution in [3.05, 3.63) is 29.8 Å². The molecular weight excluding hydrogens is 262 g/mol. The van der Waals surface area contributed by atoms with E-state index >= 15 is 0 Å². The Balaban J connectivity index is 1.67. The summed E-state index contributed by atoms with van der Waals surface area (Å²) in [6, 6.07) is 7.41. The van der Waals surface area contributed by atoms with E-state index in [1.165, 1.54) is 0 Å². The van der Waals surface area contributed by atoms with Gasteiger partial charge in [-0.2, -0.15) is 0 Å². The number of benzene rings is 1. The number of ketones is 1. The Morgan fingerprint density at radius 2 is 2.10 bits per heavy atom. The van der Waals surface area contributed by atoms with Gasteiger partial charge in [-0.15, -0.1) is 0 Å². The second-order valence-corrected chi connectivity index (χ2v) is 4.99. The van der Waals surface area contributed by atoms with Crippen molar-refractivity contribution in [1.82, 2.24) is 0 Å². The molecule has 20 heavy (non-hydrogen) atoms. The lowest BCUT2D eigenvalue weighted by Gasteiger charge is -2.27. The third-order valence-electron chi connectivity index (χ3n) is 3.90. The van der Waals surface area contributed by atoms with Gasteiger partial charge in [-0.3, -0.25) is 4.79 Å². The van der Waals surface area contributed by atoms with Crippen LogP contribution in [-0.2, 0) is 19.1 Å². The van der Waals surface area contributed by atoms with Crippen molar-refractivity contribution in [2.45, 2.75) is 18.5 Å². The van der Waals surface area contributed by atoms with Crippen LogP contribution in [0.15, 0.2) is 29.4 Å². The maximum Gasteiger partial charge on any atom is 0.219 e. The summed E-state index contributed by atoms with van der Waals surface area (Å²) in [5, 5.41) is 4.09. The number of rotatable bonds is 2. The van der Waals surface area contributed by atoms with Crippen LogP contribution in [0.2, 0.25) is 0 Å². The van der Waals surface area contributed by atoms with E-state index < -0.39 is 12.2 Å². The number of carbonyl (C=O) groups is 1. The number of Topliss-reactive ketones (excluding diaryl/α,β-unsaturated/α-hetero) is 1. The van der Waals surface area contributed by atoms with Crippen LogP contribution < -0.4 is 4.74 Å². The summed E-state index contributed by atoms with van der Waals surface area (Å²) < 4.78 is 15.9. The zero-order valence-electron chi connectivity index (χ0n) is 10.8. The number of carbonyl (C=O) groups excluding carboxylic acids is 1. The largest absolute Gasteiger partial charge is 0.497 e. The van der Waals surface area contributed by atoms with Crippen LogP contribution in [0.25, 0.3) is 0 Å². The molecule has 6 nitrogen and oxygen atoms in total. The minimum atomic E-state index is -0.772. The second-order valence-electron chi connectivity index (χ2n) is 4.99. The smallest absolute Gasteiger partial charge is 0.219 e. The molecule has 0 aliphatic carbocycles. The van der Waals surface area contributed by atoms with Crippen LogP contribution in [0.4, 0.5) is 0 Å². The predicted molar refractivity (Wildman–Crippen MR) is 67.5 cm³/mol. The van der Waals surface area contributed by atoms with Gasteiger partial charge in [0, 0.05) is 5.56 Å². The van der Waals surface area contributed by atoms with Crippen LogP contribution in [0.3, 0.4) is 0 Å². The molecule has 0 unspecified atom stereocenters. The van der Waals surface area contributed by atoms with E-state index in [1.54, 1.807) is 7.11 Å². The van der Waals surface area contributed by atoms with Crippen molar-refractivity contribution < 1.29 is 23.8 Å². The Hall–Kier alpha value is -1.92. The van der Waals surface area contributed by atoms with Crippen LogP contribution in [0.5, 0.6) is 5.75 Å². The molecule has 0 amide bonds. The minimum Gasteiger partial charge on any atom is -0.497 e. The molecule has 3 aliphatic heterocycles. The summed E-state index contributed by atoms with van der Waals surface area (Å²) in [6.45, 7) is 0.378. The summed E-state index contributed by atoms with van der Waals surface area (Å²) in [6.07, 6.45) is -1.37. The first-order chi connectivity index (χ1) is 9.78. The van der Waals surface area contributed by atoms with Gasteiger partial charge in [-0.05, 0) is 24.3 Å². The molecule has 3 heterocycles.